The Balaban J connectivity index is 2.08. The van der Waals surface area contributed by atoms with Crippen LogP contribution in [0, 0.1) is 6.92 Å². The number of carbonyl (C=O) groups is 1. The van der Waals surface area contributed by atoms with Crippen LogP contribution in [0.1, 0.15) is 18.4 Å². The second-order valence-corrected chi connectivity index (χ2v) is 4.12. The van der Waals surface area contributed by atoms with Crippen LogP contribution in [0.4, 0.5) is 0 Å². The van der Waals surface area contributed by atoms with Gasteiger partial charge in [0.2, 0.25) is 5.82 Å². The van der Waals surface area contributed by atoms with Gasteiger partial charge in [-0.15, -0.1) is 0 Å². The summed E-state index contributed by atoms with van der Waals surface area (Å²) < 4.78 is 10.1. The predicted octanol–water partition coefficient (Wildman–Crippen LogP) is 2.03. The maximum atomic E-state index is 10.6. The van der Waals surface area contributed by atoms with Crippen LogP contribution in [0.25, 0.3) is 11.4 Å². The van der Waals surface area contributed by atoms with Gasteiger partial charge in [0.15, 0.2) is 6.10 Å². The molecule has 6 heteroatoms. The number of nitrogens with zero attached hydrogens (tertiary/aromatic N) is 2. The lowest BCUT2D eigenvalue weighted by atomic mass is 10.1. The molecule has 0 fully saturated rings. The molecule has 1 aromatic heterocycles. The number of aromatic nitrogens is 2. The van der Waals surface area contributed by atoms with Gasteiger partial charge >= 0.3 is 5.97 Å². The Kier molecular flexibility index (Phi) is 3.91. The minimum absolute atomic E-state index is 0.0215. The van der Waals surface area contributed by atoms with Gasteiger partial charge in [0.1, 0.15) is 6.61 Å². The summed E-state index contributed by atoms with van der Waals surface area (Å²) in [4.78, 5) is 14.8. The molecule has 0 aliphatic heterocycles. The summed E-state index contributed by atoms with van der Waals surface area (Å²) in [5.41, 5.74) is 1.92. The van der Waals surface area contributed by atoms with Crippen molar-refractivity contribution in [2.24, 2.45) is 0 Å². The fraction of sp³-hybridized carbons (Fsp3) is 0.308. The van der Waals surface area contributed by atoms with Crippen LogP contribution in [0.2, 0.25) is 0 Å². The fourth-order valence-corrected chi connectivity index (χ4v) is 1.51. The van der Waals surface area contributed by atoms with Gasteiger partial charge in [0.05, 0.1) is 0 Å². The molecule has 0 bridgehead atoms. The average Bonchev–Trinajstić information content (AvgIpc) is 2.85. The number of aliphatic carboxylic acids is 1. The van der Waals surface area contributed by atoms with E-state index in [4.69, 9.17) is 14.4 Å². The molecule has 2 aromatic rings. The quantitative estimate of drug-likeness (QED) is 0.887. The molecule has 6 nitrogen and oxygen atoms in total. The molecule has 19 heavy (non-hydrogen) atoms. The van der Waals surface area contributed by atoms with Crippen molar-refractivity contribution in [1.82, 2.24) is 10.1 Å². The average molecular weight is 262 g/mol. The highest BCUT2D eigenvalue weighted by molar-refractivity contribution is 5.71. The Morgan fingerprint density at radius 2 is 2.21 bits per heavy atom. The molecule has 100 valence electrons. The summed E-state index contributed by atoms with van der Waals surface area (Å²) in [6, 6.07) is 7.66. The third-order valence-electron chi connectivity index (χ3n) is 2.66. The maximum absolute atomic E-state index is 10.6. The Hall–Kier alpha value is -2.21. The molecule has 1 atom stereocenters. The van der Waals surface area contributed by atoms with Crippen LogP contribution in [0.5, 0.6) is 0 Å². The number of ether oxygens (including phenoxy) is 1. The van der Waals surface area contributed by atoms with E-state index in [9.17, 15) is 4.79 Å². The first-order valence-corrected chi connectivity index (χ1v) is 5.81. The van der Waals surface area contributed by atoms with E-state index in [1.165, 1.54) is 6.92 Å². The molecular formula is C13H14N2O4. The van der Waals surface area contributed by atoms with Gasteiger partial charge in [-0.1, -0.05) is 29.4 Å². The molecule has 0 unspecified atom stereocenters. The van der Waals surface area contributed by atoms with E-state index in [-0.39, 0.29) is 12.5 Å². The third-order valence-corrected chi connectivity index (χ3v) is 2.66. The first kappa shape index (κ1) is 13.2. The monoisotopic (exact) mass is 262 g/mol. The van der Waals surface area contributed by atoms with Crippen LogP contribution >= 0.6 is 0 Å². The topological polar surface area (TPSA) is 85.5 Å². The predicted molar refractivity (Wildman–Crippen MR) is 66.4 cm³/mol. The van der Waals surface area contributed by atoms with Crippen molar-refractivity contribution >= 4 is 5.97 Å². The van der Waals surface area contributed by atoms with Crippen molar-refractivity contribution in [2.75, 3.05) is 0 Å². The summed E-state index contributed by atoms with van der Waals surface area (Å²) in [5, 5.41) is 12.5. The number of rotatable bonds is 5. The lowest BCUT2D eigenvalue weighted by Gasteiger charge is -2.04. The van der Waals surface area contributed by atoms with Crippen molar-refractivity contribution in [3.8, 4) is 11.4 Å². The number of hydrogen-bond acceptors (Lipinski definition) is 5. The molecule has 2 rings (SSSR count). The molecule has 0 radical (unpaired) electrons. The van der Waals surface area contributed by atoms with E-state index in [0.29, 0.717) is 5.82 Å². The van der Waals surface area contributed by atoms with Crippen molar-refractivity contribution in [2.45, 2.75) is 26.6 Å². The Labute approximate surface area is 110 Å². The Morgan fingerprint density at radius 3 is 2.89 bits per heavy atom. The van der Waals surface area contributed by atoms with Gasteiger partial charge in [-0.3, -0.25) is 0 Å². The number of aryl methyl sites for hydroxylation is 1. The molecular weight excluding hydrogens is 248 g/mol. The second kappa shape index (κ2) is 5.62. The van der Waals surface area contributed by atoms with Crippen molar-refractivity contribution < 1.29 is 19.2 Å². The maximum Gasteiger partial charge on any atom is 0.332 e. The first-order valence-electron chi connectivity index (χ1n) is 5.81. The number of carboxylic acid groups (broad SMARTS) is 1. The molecule has 1 heterocycles. The van der Waals surface area contributed by atoms with Gasteiger partial charge in [0, 0.05) is 5.56 Å². The number of carboxylic acids is 1. The Morgan fingerprint density at radius 1 is 1.47 bits per heavy atom. The van der Waals surface area contributed by atoms with E-state index in [1.807, 2.05) is 31.2 Å². The zero-order valence-corrected chi connectivity index (χ0v) is 10.7. The van der Waals surface area contributed by atoms with Crippen LogP contribution in [0.15, 0.2) is 28.8 Å². The molecule has 0 spiro atoms. The molecule has 0 saturated heterocycles. The van der Waals surface area contributed by atoms with Crippen molar-refractivity contribution in [1.29, 1.82) is 0 Å². The zero-order chi connectivity index (χ0) is 13.8. The van der Waals surface area contributed by atoms with Gasteiger partial charge < -0.3 is 14.4 Å². The second-order valence-electron chi connectivity index (χ2n) is 4.12. The van der Waals surface area contributed by atoms with Crippen LogP contribution in [0.3, 0.4) is 0 Å². The molecule has 1 N–H and O–H groups in total. The number of benzene rings is 1. The van der Waals surface area contributed by atoms with Crippen LogP contribution < -0.4 is 0 Å². The van der Waals surface area contributed by atoms with Gasteiger partial charge in [-0.25, -0.2) is 4.79 Å². The van der Waals surface area contributed by atoms with E-state index in [1.54, 1.807) is 0 Å². The van der Waals surface area contributed by atoms with Crippen molar-refractivity contribution in [3.63, 3.8) is 0 Å². The van der Waals surface area contributed by atoms with Gasteiger partial charge in [-0.2, -0.15) is 4.98 Å². The molecule has 0 amide bonds. The standard InChI is InChI=1S/C13H14N2O4/c1-8-5-3-4-6-10(8)12-14-11(19-15-12)7-18-9(2)13(16)17/h3-6,9H,7H2,1-2H3,(H,16,17)/t9-/m1/s1. The highest BCUT2D eigenvalue weighted by Gasteiger charge is 2.15. The Bertz CT molecular complexity index is 580. The number of hydrogen-bond donors (Lipinski definition) is 1. The largest absolute Gasteiger partial charge is 0.479 e. The zero-order valence-electron chi connectivity index (χ0n) is 10.7. The van der Waals surface area contributed by atoms with Gasteiger partial charge in [0.25, 0.3) is 5.89 Å². The van der Waals surface area contributed by atoms with E-state index >= 15 is 0 Å². The minimum atomic E-state index is -1.03. The summed E-state index contributed by atoms with van der Waals surface area (Å²) in [6.07, 6.45) is -0.909. The smallest absolute Gasteiger partial charge is 0.332 e. The summed E-state index contributed by atoms with van der Waals surface area (Å²) >= 11 is 0. The molecule has 0 saturated carbocycles. The molecule has 0 aliphatic carbocycles. The van der Waals surface area contributed by atoms with E-state index in [2.05, 4.69) is 10.1 Å². The highest BCUT2D eigenvalue weighted by Crippen LogP contribution is 2.19. The van der Waals surface area contributed by atoms with E-state index < -0.39 is 12.1 Å². The summed E-state index contributed by atoms with van der Waals surface area (Å²) in [5.74, 6) is -0.301. The first-order chi connectivity index (χ1) is 9.08. The summed E-state index contributed by atoms with van der Waals surface area (Å²) in [6.45, 7) is 3.38. The van der Waals surface area contributed by atoms with Crippen molar-refractivity contribution in [3.05, 3.63) is 35.7 Å². The van der Waals surface area contributed by atoms with Crippen LogP contribution in [-0.2, 0) is 16.1 Å². The normalized spacial score (nSPS) is 12.3. The van der Waals surface area contributed by atoms with Crippen LogP contribution in [-0.4, -0.2) is 27.3 Å². The SMILES string of the molecule is Cc1ccccc1-c1noc(CO[C@H](C)C(=O)O)n1. The third kappa shape index (κ3) is 3.17. The lowest BCUT2D eigenvalue weighted by molar-refractivity contribution is -0.150. The fourth-order valence-electron chi connectivity index (χ4n) is 1.51. The van der Waals surface area contributed by atoms with E-state index in [0.717, 1.165) is 11.1 Å². The van der Waals surface area contributed by atoms with Gasteiger partial charge in [-0.05, 0) is 19.4 Å². The minimum Gasteiger partial charge on any atom is -0.479 e. The molecule has 1 aromatic carbocycles. The lowest BCUT2D eigenvalue weighted by Crippen LogP contribution is -2.19. The molecule has 0 aliphatic rings. The summed E-state index contributed by atoms with van der Waals surface area (Å²) in [7, 11) is 0. The highest BCUT2D eigenvalue weighted by atomic mass is 16.5.